The molecule has 1 aromatic heterocycles. The lowest BCUT2D eigenvalue weighted by atomic mass is 10.1. The van der Waals surface area contributed by atoms with Gasteiger partial charge in [0.15, 0.2) is 0 Å². The number of hydrogen-bond acceptors (Lipinski definition) is 3. The lowest BCUT2D eigenvalue weighted by molar-refractivity contribution is 0.183. The van der Waals surface area contributed by atoms with E-state index in [0.29, 0.717) is 12.2 Å². The Morgan fingerprint density at radius 2 is 1.48 bits per heavy atom. The van der Waals surface area contributed by atoms with Crippen LogP contribution in [0.2, 0.25) is 0 Å². The highest BCUT2D eigenvalue weighted by Gasteiger charge is 2.08. The van der Waals surface area contributed by atoms with Gasteiger partial charge in [-0.25, -0.2) is 4.39 Å². The number of ether oxygens (including phenoxy) is 2. The Morgan fingerprint density at radius 1 is 0.793 bits per heavy atom. The molecule has 0 saturated carbocycles. The molecule has 29 heavy (non-hydrogen) atoms. The Balaban J connectivity index is 1.73. The first kappa shape index (κ1) is 23.2. The molecular weight excluding hydrogens is 365 g/mol. The van der Waals surface area contributed by atoms with E-state index in [1.807, 2.05) is 36.4 Å². The fourth-order valence-electron chi connectivity index (χ4n) is 3.14. The normalized spacial score (nSPS) is 12.0. The van der Waals surface area contributed by atoms with Gasteiger partial charge in [0.05, 0.1) is 18.5 Å². The maximum atomic E-state index is 14.0. The van der Waals surface area contributed by atoms with Crippen LogP contribution in [0.25, 0.3) is 11.3 Å². The maximum Gasteiger partial charge on any atom is 0.137 e. The van der Waals surface area contributed by atoms with Crippen LogP contribution in [0.4, 0.5) is 4.39 Å². The van der Waals surface area contributed by atoms with E-state index < -0.39 is 6.17 Å². The topological polar surface area (TPSA) is 31.4 Å². The summed E-state index contributed by atoms with van der Waals surface area (Å²) in [6, 6.07) is 11.7. The minimum Gasteiger partial charge on any atom is -0.494 e. The Kier molecular flexibility index (Phi) is 11.2. The Bertz CT molecular complexity index is 658. The van der Waals surface area contributed by atoms with Gasteiger partial charge in [0, 0.05) is 5.56 Å². The van der Waals surface area contributed by atoms with Crippen molar-refractivity contribution in [1.29, 1.82) is 0 Å². The van der Waals surface area contributed by atoms with Crippen molar-refractivity contribution in [2.45, 2.75) is 77.8 Å². The molecule has 1 heterocycles. The number of nitrogens with zero attached hydrogens (tertiary/aromatic N) is 1. The summed E-state index contributed by atoms with van der Waals surface area (Å²) in [5, 5.41) is 0. The van der Waals surface area contributed by atoms with Gasteiger partial charge in [0.1, 0.15) is 24.3 Å². The molecule has 0 aliphatic heterocycles. The first-order valence-electron chi connectivity index (χ1n) is 11.2. The van der Waals surface area contributed by atoms with Crippen molar-refractivity contribution in [1.82, 2.24) is 4.98 Å². The van der Waals surface area contributed by atoms with Crippen LogP contribution in [0.3, 0.4) is 0 Å². The van der Waals surface area contributed by atoms with Crippen molar-refractivity contribution < 1.29 is 13.9 Å². The van der Waals surface area contributed by atoms with E-state index in [1.54, 1.807) is 6.20 Å². The number of pyridine rings is 1. The Labute approximate surface area is 175 Å². The lowest BCUT2D eigenvalue weighted by Crippen LogP contribution is -2.12. The van der Waals surface area contributed by atoms with Crippen molar-refractivity contribution >= 4 is 0 Å². The molecule has 0 saturated heterocycles. The van der Waals surface area contributed by atoms with Crippen molar-refractivity contribution in [2.24, 2.45) is 0 Å². The number of benzene rings is 1. The lowest BCUT2D eigenvalue weighted by Gasteiger charge is -2.11. The predicted molar refractivity (Wildman–Crippen MR) is 118 cm³/mol. The molecule has 0 N–H and O–H groups in total. The molecular formula is C25H36FNO2. The second-order valence-corrected chi connectivity index (χ2v) is 7.57. The monoisotopic (exact) mass is 401 g/mol. The van der Waals surface area contributed by atoms with Gasteiger partial charge < -0.3 is 9.47 Å². The fraction of sp³-hybridized carbons (Fsp3) is 0.560. The number of halogens is 1. The van der Waals surface area contributed by atoms with Crippen LogP contribution >= 0.6 is 0 Å². The highest BCUT2D eigenvalue weighted by molar-refractivity contribution is 5.60. The van der Waals surface area contributed by atoms with E-state index in [-0.39, 0.29) is 6.61 Å². The first-order valence-corrected chi connectivity index (χ1v) is 11.2. The number of aromatic nitrogens is 1. The molecule has 1 unspecified atom stereocenters. The minimum atomic E-state index is -0.916. The van der Waals surface area contributed by atoms with Crippen molar-refractivity contribution in [3.63, 3.8) is 0 Å². The molecule has 0 bridgehead atoms. The van der Waals surface area contributed by atoms with Gasteiger partial charge in [-0.2, -0.15) is 0 Å². The highest BCUT2D eigenvalue weighted by Crippen LogP contribution is 2.23. The van der Waals surface area contributed by atoms with Crippen LogP contribution < -0.4 is 9.47 Å². The number of unbranched alkanes of at least 4 members (excludes halogenated alkanes) is 6. The summed E-state index contributed by atoms with van der Waals surface area (Å²) in [5.41, 5.74) is 1.88. The molecule has 1 aromatic carbocycles. The molecule has 160 valence electrons. The SMILES string of the molecule is CCCCCCCC(F)COc1ccc(-c2ccc(OCCCCC)cc2)nc1. The Hall–Kier alpha value is -2.10. The van der Waals surface area contributed by atoms with E-state index in [2.05, 4.69) is 18.8 Å². The molecule has 0 aliphatic carbocycles. The van der Waals surface area contributed by atoms with Gasteiger partial charge in [-0.1, -0.05) is 58.8 Å². The first-order chi connectivity index (χ1) is 14.2. The summed E-state index contributed by atoms with van der Waals surface area (Å²) < 4.78 is 25.3. The third-order valence-electron chi connectivity index (χ3n) is 4.95. The van der Waals surface area contributed by atoms with Crippen LogP contribution in [0.1, 0.15) is 71.6 Å². The summed E-state index contributed by atoms with van der Waals surface area (Å²) in [7, 11) is 0. The number of rotatable bonds is 15. The molecule has 3 nitrogen and oxygen atoms in total. The smallest absolute Gasteiger partial charge is 0.137 e. The van der Waals surface area contributed by atoms with E-state index >= 15 is 0 Å². The average molecular weight is 402 g/mol. The van der Waals surface area contributed by atoms with Crippen molar-refractivity contribution in [2.75, 3.05) is 13.2 Å². The third kappa shape index (κ3) is 9.29. The molecule has 4 heteroatoms. The van der Waals surface area contributed by atoms with Crippen molar-refractivity contribution in [3.8, 4) is 22.8 Å². The molecule has 2 aromatic rings. The fourth-order valence-corrected chi connectivity index (χ4v) is 3.14. The summed E-state index contributed by atoms with van der Waals surface area (Å²) in [5.74, 6) is 1.49. The van der Waals surface area contributed by atoms with Gasteiger partial charge in [-0.05, 0) is 49.2 Å². The van der Waals surface area contributed by atoms with Crippen LogP contribution in [-0.2, 0) is 0 Å². The van der Waals surface area contributed by atoms with Crippen LogP contribution in [0, 0.1) is 0 Å². The second kappa shape index (κ2) is 14.0. The summed E-state index contributed by atoms with van der Waals surface area (Å²) in [4.78, 5) is 4.45. The molecule has 2 rings (SSSR count). The summed E-state index contributed by atoms with van der Waals surface area (Å²) in [6.45, 7) is 5.22. The zero-order valence-electron chi connectivity index (χ0n) is 18.0. The number of alkyl halides is 1. The standard InChI is InChI=1S/C25H36FNO2/c1-3-5-7-8-9-11-22(26)20-29-24-16-17-25(27-19-24)21-12-14-23(15-13-21)28-18-10-6-4-2/h12-17,19,22H,3-11,18,20H2,1-2H3. The number of hydrogen-bond donors (Lipinski definition) is 0. The van der Waals surface area contributed by atoms with Gasteiger partial charge in [0.2, 0.25) is 0 Å². The molecule has 0 fully saturated rings. The van der Waals surface area contributed by atoms with Crippen LogP contribution in [-0.4, -0.2) is 24.4 Å². The summed E-state index contributed by atoms with van der Waals surface area (Å²) in [6.07, 6.45) is 10.5. The maximum absolute atomic E-state index is 14.0. The molecule has 1 atom stereocenters. The largest absolute Gasteiger partial charge is 0.494 e. The Morgan fingerprint density at radius 3 is 2.17 bits per heavy atom. The zero-order valence-corrected chi connectivity index (χ0v) is 18.0. The molecule has 0 amide bonds. The van der Waals surface area contributed by atoms with Gasteiger partial charge in [-0.3, -0.25) is 4.98 Å². The highest BCUT2D eigenvalue weighted by atomic mass is 19.1. The zero-order chi connectivity index (χ0) is 20.7. The van der Waals surface area contributed by atoms with Gasteiger partial charge in [0.25, 0.3) is 0 Å². The van der Waals surface area contributed by atoms with E-state index in [4.69, 9.17) is 9.47 Å². The second-order valence-electron chi connectivity index (χ2n) is 7.57. The van der Waals surface area contributed by atoms with Gasteiger partial charge >= 0.3 is 0 Å². The van der Waals surface area contributed by atoms with Crippen LogP contribution in [0.15, 0.2) is 42.6 Å². The van der Waals surface area contributed by atoms with Crippen LogP contribution in [0.5, 0.6) is 11.5 Å². The van der Waals surface area contributed by atoms with Crippen molar-refractivity contribution in [3.05, 3.63) is 42.6 Å². The third-order valence-corrected chi connectivity index (χ3v) is 4.95. The molecule has 0 aliphatic rings. The van der Waals surface area contributed by atoms with E-state index in [0.717, 1.165) is 42.9 Å². The minimum absolute atomic E-state index is 0.0961. The summed E-state index contributed by atoms with van der Waals surface area (Å²) >= 11 is 0. The quantitative estimate of drug-likeness (QED) is 0.291. The van der Waals surface area contributed by atoms with Gasteiger partial charge in [-0.15, -0.1) is 0 Å². The average Bonchev–Trinajstić information content (AvgIpc) is 2.76. The van der Waals surface area contributed by atoms with E-state index in [1.165, 1.54) is 32.1 Å². The molecule has 0 spiro atoms. The molecule has 0 radical (unpaired) electrons. The predicted octanol–water partition coefficient (Wildman–Crippen LogP) is 7.40. The van der Waals surface area contributed by atoms with E-state index in [9.17, 15) is 4.39 Å².